The molecule has 0 saturated carbocycles. The first-order valence-corrected chi connectivity index (χ1v) is 13.0. The van der Waals surface area contributed by atoms with E-state index in [1.54, 1.807) is 7.05 Å². The van der Waals surface area contributed by atoms with Gasteiger partial charge in [0.05, 0.1) is 6.54 Å². The van der Waals surface area contributed by atoms with Gasteiger partial charge in [-0.25, -0.2) is 0 Å². The highest BCUT2D eigenvalue weighted by Gasteiger charge is 2.02. The molecule has 0 rings (SSSR count). The molecule has 0 spiro atoms. The highest BCUT2D eigenvalue weighted by molar-refractivity contribution is 5.76. The minimum absolute atomic E-state index is 0.126. The second kappa shape index (κ2) is 24.7. The number of nitrogens with one attached hydrogen (secondary N) is 3. The number of carbonyl (C=O) groups is 1. The average molecular weight is 438 g/mol. The fraction of sp³-hybridized carbons (Fsp3) is 0.846. The minimum Gasteiger partial charge on any atom is -0.464 e. The lowest BCUT2D eigenvalue weighted by molar-refractivity contribution is -0.143. The van der Waals surface area contributed by atoms with Crippen molar-refractivity contribution in [2.45, 2.75) is 122 Å². The highest BCUT2D eigenvalue weighted by Crippen LogP contribution is 2.12. The SMILES string of the molecule is CCCCCCCCC=CCCCCCCCCCCCC(=O)OCCNC(=N)NC. The largest absolute Gasteiger partial charge is 0.464 e. The van der Waals surface area contributed by atoms with Crippen LogP contribution in [0.3, 0.4) is 0 Å². The second-order valence-corrected chi connectivity index (χ2v) is 8.52. The first-order chi connectivity index (χ1) is 15.2. The van der Waals surface area contributed by atoms with Crippen LogP contribution in [0, 0.1) is 5.41 Å². The summed E-state index contributed by atoms with van der Waals surface area (Å²) >= 11 is 0. The summed E-state index contributed by atoms with van der Waals surface area (Å²) in [5.41, 5.74) is 0. The molecule has 0 aliphatic rings. The Labute approximate surface area is 192 Å². The third-order valence-electron chi connectivity index (χ3n) is 5.56. The molecule has 0 saturated heterocycles. The van der Waals surface area contributed by atoms with Crippen LogP contribution < -0.4 is 10.6 Å². The molecule has 5 heteroatoms. The van der Waals surface area contributed by atoms with Gasteiger partial charge in [0.25, 0.3) is 0 Å². The van der Waals surface area contributed by atoms with Gasteiger partial charge in [0.15, 0.2) is 5.96 Å². The van der Waals surface area contributed by atoms with Crippen LogP contribution in [-0.2, 0) is 9.53 Å². The molecule has 0 fully saturated rings. The Kier molecular flexibility index (Phi) is 23.5. The van der Waals surface area contributed by atoms with Gasteiger partial charge in [0.2, 0.25) is 0 Å². The predicted molar refractivity (Wildman–Crippen MR) is 134 cm³/mol. The van der Waals surface area contributed by atoms with E-state index in [9.17, 15) is 4.79 Å². The van der Waals surface area contributed by atoms with E-state index in [1.807, 2.05) is 0 Å². The van der Waals surface area contributed by atoms with Gasteiger partial charge >= 0.3 is 5.97 Å². The van der Waals surface area contributed by atoms with E-state index in [2.05, 4.69) is 29.7 Å². The zero-order chi connectivity index (χ0) is 22.8. The van der Waals surface area contributed by atoms with Gasteiger partial charge in [-0.2, -0.15) is 0 Å². The number of allylic oxidation sites excluding steroid dienone is 2. The Morgan fingerprint density at radius 3 is 1.77 bits per heavy atom. The first-order valence-electron chi connectivity index (χ1n) is 13.0. The molecule has 0 aliphatic heterocycles. The van der Waals surface area contributed by atoms with Crippen molar-refractivity contribution >= 4 is 11.9 Å². The van der Waals surface area contributed by atoms with E-state index < -0.39 is 0 Å². The fourth-order valence-electron chi connectivity index (χ4n) is 3.55. The summed E-state index contributed by atoms with van der Waals surface area (Å²) in [6.07, 6.45) is 27.4. The zero-order valence-corrected chi connectivity index (χ0v) is 20.6. The van der Waals surface area contributed by atoms with E-state index in [-0.39, 0.29) is 11.9 Å². The van der Waals surface area contributed by atoms with Crippen molar-refractivity contribution in [3.05, 3.63) is 12.2 Å². The summed E-state index contributed by atoms with van der Waals surface area (Å²) in [6, 6.07) is 0. The number of carbonyl (C=O) groups excluding carboxylic acids is 1. The van der Waals surface area contributed by atoms with Crippen molar-refractivity contribution in [3.63, 3.8) is 0 Å². The van der Waals surface area contributed by atoms with Crippen molar-refractivity contribution in [1.29, 1.82) is 5.41 Å². The number of guanidine groups is 1. The average Bonchev–Trinajstić information content (AvgIpc) is 2.78. The summed E-state index contributed by atoms with van der Waals surface area (Å²) in [5, 5.41) is 12.8. The highest BCUT2D eigenvalue weighted by atomic mass is 16.5. The minimum atomic E-state index is -0.126. The number of esters is 1. The quantitative estimate of drug-likeness (QED) is 0.0568. The van der Waals surface area contributed by atoms with Crippen LogP contribution in [-0.4, -0.2) is 32.1 Å². The summed E-state index contributed by atoms with van der Waals surface area (Å²) in [5.74, 6) is 0.116. The standard InChI is InChI=1S/C26H51N3O2/c1-3-4-5-6-7-8-9-10-11-12-13-14-15-16-17-18-19-20-21-22-25(30)31-24-23-29-26(27)28-2/h10-11H,3-9,12-24H2,1-2H3,(H3,27,28,29). The number of ether oxygens (including phenoxy) is 1. The lowest BCUT2D eigenvalue weighted by Gasteiger charge is -2.07. The van der Waals surface area contributed by atoms with E-state index in [4.69, 9.17) is 10.1 Å². The lowest BCUT2D eigenvalue weighted by atomic mass is 10.1. The van der Waals surface area contributed by atoms with Gasteiger partial charge in [-0.3, -0.25) is 10.2 Å². The topological polar surface area (TPSA) is 74.2 Å². The summed E-state index contributed by atoms with van der Waals surface area (Å²) in [6.45, 7) is 3.06. The molecule has 0 radical (unpaired) electrons. The Bertz CT molecular complexity index is 438. The number of hydrogen-bond acceptors (Lipinski definition) is 3. The molecular weight excluding hydrogens is 386 g/mol. The van der Waals surface area contributed by atoms with E-state index in [1.165, 1.54) is 96.3 Å². The maximum Gasteiger partial charge on any atom is 0.305 e. The summed E-state index contributed by atoms with van der Waals surface area (Å²) in [4.78, 5) is 11.6. The van der Waals surface area contributed by atoms with E-state index in [0.29, 0.717) is 19.6 Å². The third-order valence-corrected chi connectivity index (χ3v) is 5.56. The molecule has 0 aromatic rings. The van der Waals surface area contributed by atoms with Gasteiger partial charge in [-0.1, -0.05) is 96.1 Å². The third kappa shape index (κ3) is 24.6. The van der Waals surface area contributed by atoms with Gasteiger partial charge < -0.3 is 15.4 Å². The Morgan fingerprint density at radius 1 is 0.774 bits per heavy atom. The smallest absolute Gasteiger partial charge is 0.305 e. The normalized spacial score (nSPS) is 11.0. The lowest BCUT2D eigenvalue weighted by Crippen LogP contribution is -2.35. The van der Waals surface area contributed by atoms with E-state index in [0.717, 1.165) is 12.8 Å². The molecule has 3 N–H and O–H groups in total. The maximum absolute atomic E-state index is 11.6. The first kappa shape index (κ1) is 29.5. The number of rotatable bonds is 22. The molecule has 182 valence electrons. The van der Waals surface area contributed by atoms with Crippen LogP contribution in [0.2, 0.25) is 0 Å². The second-order valence-electron chi connectivity index (χ2n) is 8.52. The zero-order valence-electron chi connectivity index (χ0n) is 20.6. The van der Waals surface area contributed by atoms with Crippen LogP contribution in [0.4, 0.5) is 0 Å². The van der Waals surface area contributed by atoms with Crippen LogP contribution in [0.1, 0.15) is 122 Å². The molecule has 0 bridgehead atoms. The molecule has 0 aliphatic carbocycles. The van der Waals surface area contributed by atoms with Crippen molar-refractivity contribution in [2.24, 2.45) is 0 Å². The van der Waals surface area contributed by atoms with Crippen LogP contribution in [0.15, 0.2) is 12.2 Å². The Balaban J connectivity index is 3.20. The van der Waals surface area contributed by atoms with Crippen molar-refractivity contribution in [2.75, 3.05) is 20.2 Å². The van der Waals surface area contributed by atoms with E-state index >= 15 is 0 Å². The summed E-state index contributed by atoms with van der Waals surface area (Å²) < 4.78 is 5.14. The molecule has 5 nitrogen and oxygen atoms in total. The molecule has 0 heterocycles. The maximum atomic E-state index is 11.6. The van der Waals surface area contributed by atoms with Crippen molar-refractivity contribution in [3.8, 4) is 0 Å². The van der Waals surface area contributed by atoms with Gasteiger partial charge in [0.1, 0.15) is 6.61 Å². The molecule has 0 aromatic carbocycles. The Hall–Kier alpha value is -1.52. The fourth-order valence-corrected chi connectivity index (χ4v) is 3.55. The van der Waals surface area contributed by atoms with Gasteiger partial charge in [0, 0.05) is 13.5 Å². The molecule has 0 unspecified atom stereocenters. The van der Waals surface area contributed by atoms with Crippen LogP contribution in [0.5, 0.6) is 0 Å². The monoisotopic (exact) mass is 437 g/mol. The molecule has 0 amide bonds. The predicted octanol–water partition coefficient (Wildman–Crippen LogP) is 6.87. The van der Waals surface area contributed by atoms with Crippen molar-refractivity contribution < 1.29 is 9.53 Å². The van der Waals surface area contributed by atoms with Crippen molar-refractivity contribution in [1.82, 2.24) is 10.6 Å². The number of hydrogen-bond donors (Lipinski definition) is 3. The Morgan fingerprint density at radius 2 is 1.26 bits per heavy atom. The van der Waals surface area contributed by atoms with Crippen LogP contribution in [0.25, 0.3) is 0 Å². The van der Waals surface area contributed by atoms with Gasteiger partial charge in [-0.05, 0) is 32.1 Å². The molecule has 0 atom stereocenters. The molecule has 0 aromatic heterocycles. The van der Waals surface area contributed by atoms with Gasteiger partial charge in [-0.15, -0.1) is 0 Å². The molecule has 31 heavy (non-hydrogen) atoms. The molecular formula is C26H51N3O2. The van der Waals surface area contributed by atoms with Crippen LogP contribution >= 0.6 is 0 Å². The number of unbranched alkanes of at least 4 members (excludes halogenated alkanes) is 15. The summed E-state index contributed by atoms with van der Waals surface area (Å²) in [7, 11) is 1.68.